The lowest BCUT2D eigenvalue weighted by atomic mass is 9.92. The predicted molar refractivity (Wildman–Crippen MR) is 66.8 cm³/mol. The minimum Gasteiger partial charge on any atom is -0.388 e. The molecule has 0 radical (unpaired) electrons. The Bertz CT molecular complexity index is 251. The molecule has 0 amide bonds. The largest absolute Gasteiger partial charge is 0.388 e. The zero-order chi connectivity index (χ0) is 12.4. The van der Waals surface area contributed by atoms with E-state index in [1.807, 2.05) is 14.8 Å². The first kappa shape index (κ1) is 13.3. The van der Waals surface area contributed by atoms with E-state index in [0.717, 1.165) is 25.7 Å². The second kappa shape index (κ2) is 5.70. The minimum atomic E-state index is -0.506. The molecule has 98 valence electrons. The molecule has 5 heteroatoms. The van der Waals surface area contributed by atoms with Gasteiger partial charge in [0.1, 0.15) is 20.1 Å². The highest BCUT2D eigenvalue weighted by molar-refractivity contribution is 6.11. The second-order valence-electron chi connectivity index (χ2n) is 5.12. The van der Waals surface area contributed by atoms with E-state index < -0.39 is 6.10 Å². The van der Waals surface area contributed by atoms with Gasteiger partial charge < -0.3 is 19.3 Å². The summed E-state index contributed by atoms with van der Waals surface area (Å²) in [5, 5.41) is 10.1. The number of methoxy groups -OCH3 is 1. The topological polar surface area (TPSA) is 47.9 Å². The lowest BCUT2D eigenvalue weighted by molar-refractivity contribution is -0.105. The lowest BCUT2D eigenvalue weighted by Crippen LogP contribution is -2.40. The van der Waals surface area contributed by atoms with E-state index in [-0.39, 0.29) is 30.4 Å². The van der Waals surface area contributed by atoms with Crippen molar-refractivity contribution < 1.29 is 19.3 Å². The normalized spacial score (nSPS) is 46.5. The third-order valence-electron chi connectivity index (χ3n) is 4.00. The van der Waals surface area contributed by atoms with Crippen LogP contribution in [0, 0.1) is 0 Å². The van der Waals surface area contributed by atoms with Gasteiger partial charge in [0.05, 0.1) is 24.3 Å². The van der Waals surface area contributed by atoms with Crippen LogP contribution in [-0.2, 0) is 14.2 Å². The van der Waals surface area contributed by atoms with Crippen molar-refractivity contribution in [2.45, 2.75) is 69.1 Å². The van der Waals surface area contributed by atoms with E-state index in [9.17, 15) is 5.11 Å². The van der Waals surface area contributed by atoms with E-state index in [0.29, 0.717) is 0 Å². The molecule has 0 aromatic carbocycles. The van der Waals surface area contributed by atoms with Gasteiger partial charge in [0.15, 0.2) is 0 Å². The first-order chi connectivity index (χ1) is 8.17. The maximum absolute atomic E-state index is 10.1. The van der Waals surface area contributed by atoms with E-state index in [1.165, 1.54) is 0 Å². The van der Waals surface area contributed by atoms with Crippen LogP contribution in [-0.4, -0.2) is 56.6 Å². The molecule has 1 heterocycles. The molecule has 1 aliphatic heterocycles. The molecule has 1 saturated carbocycles. The molecule has 1 unspecified atom stereocenters. The molecule has 2 aliphatic rings. The Morgan fingerprint density at radius 3 is 2.65 bits per heavy atom. The Morgan fingerprint density at radius 1 is 1.35 bits per heavy atom. The van der Waals surface area contributed by atoms with Crippen molar-refractivity contribution in [2.75, 3.05) is 7.11 Å². The number of rotatable bonds is 4. The fourth-order valence-corrected chi connectivity index (χ4v) is 2.97. The average molecular weight is 242 g/mol. The minimum absolute atomic E-state index is 0.0342. The van der Waals surface area contributed by atoms with Gasteiger partial charge in [-0.2, -0.15) is 0 Å². The number of ether oxygens (including phenoxy) is 3. The molecule has 2 fully saturated rings. The lowest BCUT2D eigenvalue weighted by Gasteiger charge is -2.26. The first-order valence-corrected chi connectivity index (χ1v) is 6.69. The van der Waals surface area contributed by atoms with Crippen LogP contribution in [0.5, 0.6) is 0 Å². The fourth-order valence-electron chi connectivity index (χ4n) is 2.97. The summed E-state index contributed by atoms with van der Waals surface area (Å²) in [7, 11) is 3.70. The standard InChI is InChI=1S/C12H23BO4/c1-3-7-10(14)11(12(13)17-7)16-9-6-4-5-8(9)15-2/h7-12,14H,3-6,13H2,1-2H3/t7-,8-,9-,10?,11+,12-/m1/s1. The molecule has 1 N–H and O–H groups in total. The summed E-state index contributed by atoms with van der Waals surface area (Å²) >= 11 is 0. The predicted octanol–water partition coefficient (Wildman–Crippen LogP) is 0.0680. The van der Waals surface area contributed by atoms with Gasteiger partial charge in [-0.05, 0) is 25.7 Å². The van der Waals surface area contributed by atoms with Crippen molar-refractivity contribution >= 4 is 7.85 Å². The van der Waals surface area contributed by atoms with E-state index in [4.69, 9.17) is 14.2 Å². The summed E-state index contributed by atoms with van der Waals surface area (Å²) in [6.07, 6.45) is 3.52. The van der Waals surface area contributed by atoms with Crippen molar-refractivity contribution in [1.82, 2.24) is 0 Å². The molecule has 6 atom stereocenters. The van der Waals surface area contributed by atoms with Crippen LogP contribution in [0.4, 0.5) is 0 Å². The molecule has 0 aromatic heterocycles. The Balaban J connectivity index is 1.94. The first-order valence-electron chi connectivity index (χ1n) is 6.69. The van der Waals surface area contributed by atoms with Crippen LogP contribution < -0.4 is 0 Å². The maximum Gasteiger partial charge on any atom is 0.142 e. The summed E-state index contributed by atoms with van der Waals surface area (Å²) in [5.74, 6) is 0. The van der Waals surface area contributed by atoms with E-state index >= 15 is 0 Å². The highest BCUT2D eigenvalue weighted by Crippen LogP contribution is 2.31. The molecule has 4 nitrogen and oxygen atoms in total. The third kappa shape index (κ3) is 2.68. The number of hydrogen-bond acceptors (Lipinski definition) is 4. The van der Waals surface area contributed by atoms with Gasteiger partial charge in [0.2, 0.25) is 0 Å². The molecule has 17 heavy (non-hydrogen) atoms. The molecule has 0 spiro atoms. The van der Waals surface area contributed by atoms with Gasteiger partial charge in [-0.25, -0.2) is 0 Å². The van der Waals surface area contributed by atoms with E-state index in [1.54, 1.807) is 7.11 Å². The smallest absolute Gasteiger partial charge is 0.142 e. The van der Waals surface area contributed by atoms with Gasteiger partial charge in [-0.15, -0.1) is 0 Å². The quantitative estimate of drug-likeness (QED) is 0.708. The van der Waals surface area contributed by atoms with Gasteiger partial charge in [0.25, 0.3) is 0 Å². The Morgan fingerprint density at radius 2 is 2.06 bits per heavy atom. The van der Waals surface area contributed by atoms with Crippen LogP contribution in [0.15, 0.2) is 0 Å². The maximum atomic E-state index is 10.1. The zero-order valence-electron chi connectivity index (χ0n) is 11.0. The number of aliphatic hydroxyl groups excluding tert-OH is 1. The number of aliphatic hydroxyl groups is 1. The van der Waals surface area contributed by atoms with Gasteiger partial charge in [-0.3, -0.25) is 0 Å². The van der Waals surface area contributed by atoms with Crippen molar-refractivity contribution in [3.63, 3.8) is 0 Å². The summed E-state index contributed by atoms with van der Waals surface area (Å²) in [4.78, 5) is 0. The SMILES string of the molecule is B[C@@H]1O[C@H](CC)C(O)[C@@H]1O[C@@H]1CCC[C@H]1OC. The van der Waals surface area contributed by atoms with E-state index in [2.05, 4.69) is 0 Å². The molecule has 2 rings (SSSR count). The highest BCUT2D eigenvalue weighted by atomic mass is 16.6. The summed E-state index contributed by atoms with van der Waals surface area (Å²) < 4.78 is 17.1. The summed E-state index contributed by atoms with van der Waals surface area (Å²) in [5.41, 5.74) is 0. The van der Waals surface area contributed by atoms with Crippen molar-refractivity contribution in [2.24, 2.45) is 0 Å². The molecule has 1 aliphatic carbocycles. The van der Waals surface area contributed by atoms with Gasteiger partial charge in [0, 0.05) is 7.11 Å². The van der Waals surface area contributed by atoms with Crippen LogP contribution in [0.2, 0.25) is 0 Å². The number of hydrogen-bond donors (Lipinski definition) is 1. The molecule has 0 bridgehead atoms. The molecule has 0 aromatic rings. The van der Waals surface area contributed by atoms with Gasteiger partial charge >= 0.3 is 0 Å². The van der Waals surface area contributed by atoms with Crippen LogP contribution in [0.3, 0.4) is 0 Å². The van der Waals surface area contributed by atoms with Crippen molar-refractivity contribution in [3.05, 3.63) is 0 Å². The van der Waals surface area contributed by atoms with Crippen LogP contribution in [0.25, 0.3) is 0 Å². The monoisotopic (exact) mass is 242 g/mol. The highest BCUT2D eigenvalue weighted by Gasteiger charge is 2.43. The summed E-state index contributed by atoms with van der Waals surface area (Å²) in [6, 6.07) is -0.0342. The summed E-state index contributed by atoms with van der Waals surface area (Å²) in [6.45, 7) is 2.02. The fraction of sp³-hybridized carbons (Fsp3) is 1.00. The van der Waals surface area contributed by atoms with Crippen LogP contribution >= 0.6 is 0 Å². The Labute approximate surface area is 104 Å². The van der Waals surface area contributed by atoms with Crippen LogP contribution in [0.1, 0.15) is 32.6 Å². The third-order valence-corrected chi connectivity index (χ3v) is 4.00. The van der Waals surface area contributed by atoms with Crippen molar-refractivity contribution in [1.29, 1.82) is 0 Å². The van der Waals surface area contributed by atoms with Crippen molar-refractivity contribution in [3.8, 4) is 0 Å². The van der Waals surface area contributed by atoms with Gasteiger partial charge in [-0.1, -0.05) is 6.92 Å². The molecular weight excluding hydrogens is 219 g/mol. The zero-order valence-corrected chi connectivity index (χ0v) is 11.0. The average Bonchev–Trinajstić information content (AvgIpc) is 2.88. The molecular formula is C12H23BO4. The Hall–Kier alpha value is -0.0951. The molecule has 1 saturated heterocycles. The second-order valence-corrected chi connectivity index (χ2v) is 5.12. The Kier molecular flexibility index (Phi) is 4.47.